The Bertz CT molecular complexity index is 373. The molecule has 1 aromatic carbocycles. The summed E-state index contributed by atoms with van der Waals surface area (Å²) in [5.41, 5.74) is 11.1. The van der Waals surface area contributed by atoms with E-state index in [9.17, 15) is 0 Å². The minimum atomic E-state index is 0.148. The summed E-state index contributed by atoms with van der Waals surface area (Å²) in [4.78, 5) is 0. The lowest BCUT2D eigenvalue weighted by molar-refractivity contribution is 0.663. The highest BCUT2D eigenvalue weighted by Gasteiger charge is 2.10. The first-order chi connectivity index (χ1) is 7.15. The van der Waals surface area contributed by atoms with Crippen molar-refractivity contribution in [3.63, 3.8) is 0 Å². The van der Waals surface area contributed by atoms with Gasteiger partial charge >= 0.3 is 0 Å². The third kappa shape index (κ3) is 2.46. The third-order valence-corrected chi connectivity index (χ3v) is 2.70. The van der Waals surface area contributed by atoms with Gasteiger partial charge in [0, 0.05) is 19.1 Å². The maximum Gasteiger partial charge on any atom is 0.0357 e. The van der Waals surface area contributed by atoms with Gasteiger partial charge in [0.25, 0.3) is 0 Å². The lowest BCUT2D eigenvalue weighted by Crippen LogP contribution is -2.37. The van der Waals surface area contributed by atoms with Crippen LogP contribution in [0.4, 0.5) is 0 Å². The van der Waals surface area contributed by atoms with Crippen molar-refractivity contribution >= 4 is 5.57 Å². The zero-order chi connectivity index (χ0) is 10.8. The predicted octanol–water partition coefficient (Wildman–Crippen LogP) is 1.62. The number of rotatable bonds is 1. The summed E-state index contributed by atoms with van der Waals surface area (Å²) >= 11 is 0. The van der Waals surface area contributed by atoms with Crippen LogP contribution in [0.3, 0.4) is 0 Å². The fourth-order valence-corrected chi connectivity index (χ4v) is 2.11. The quantitative estimate of drug-likeness (QED) is 0.726. The van der Waals surface area contributed by atoms with Crippen molar-refractivity contribution in [2.45, 2.75) is 19.9 Å². The molecule has 1 heterocycles. The molecule has 1 aliphatic rings. The second kappa shape index (κ2) is 4.17. The first-order valence-electron chi connectivity index (χ1n) is 5.41. The Morgan fingerprint density at radius 3 is 2.47 bits per heavy atom. The molecule has 0 spiro atoms. The van der Waals surface area contributed by atoms with E-state index in [1.807, 2.05) is 0 Å². The normalized spacial score (nSPS) is 21.3. The highest BCUT2D eigenvalue weighted by molar-refractivity contribution is 5.69. The molecule has 1 aliphatic heterocycles. The van der Waals surface area contributed by atoms with Gasteiger partial charge in [-0.05, 0) is 25.0 Å². The van der Waals surface area contributed by atoms with Crippen LogP contribution < -0.4 is 11.1 Å². The third-order valence-electron chi connectivity index (χ3n) is 2.70. The monoisotopic (exact) mass is 202 g/mol. The summed E-state index contributed by atoms with van der Waals surface area (Å²) < 4.78 is 0. The summed E-state index contributed by atoms with van der Waals surface area (Å²) in [5.74, 6) is 0. The standard InChI is InChI=1S/C13H18N2/c1-9-3-10(2)5-11(4-9)12-6-13(14)8-15-7-12/h3-6,13,15H,7-8,14H2,1-2H3. The van der Waals surface area contributed by atoms with Crippen molar-refractivity contribution in [2.75, 3.05) is 13.1 Å². The summed E-state index contributed by atoms with van der Waals surface area (Å²) in [5, 5.41) is 3.33. The molecule has 0 amide bonds. The van der Waals surface area contributed by atoms with Crippen molar-refractivity contribution in [3.05, 3.63) is 41.0 Å². The first kappa shape index (κ1) is 10.4. The predicted molar refractivity (Wildman–Crippen MR) is 64.7 cm³/mol. The van der Waals surface area contributed by atoms with Crippen LogP contribution in [0.5, 0.6) is 0 Å². The molecule has 0 saturated carbocycles. The van der Waals surface area contributed by atoms with Crippen molar-refractivity contribution in [1.29, 1.82) is 0 Å². The maximum atomic E-state index is 5.90. The molecule has 1 unspecified atom stereocenters. The Balaban J connectivity index is 2.36. The first-order valence-corrected chi connectivity index (χ1v) is 5.41. The summed E-state index contributed by atoms with van der Waals surface area (Å²) in [6.07, 6.45) is 2.17. The average Bonchev–Trinajstić information content (AvgIpc) is 2.16. The van der Waals surface area contributed by atoms with Crippen LogP contribution in [0.1, 0.15) is 16.7 Å². The molecule has 1 aromatic rings. The minimum absolute atomic E-state index is 0.148. The molecule has 0 aromatic heterocycles. The van der Waals surface area contributed by atoms with Gasteiger partial charge in [-0.15, -0.1) is 0 Å². The number of nitrogens with two attached hydrogens (primary N) is 1. The van der Waals surface area contributed by atoms with Crippen molar-refractivity contribution < 1.29 is 0 Å². The molecule has 2 rings (SSSR count). The second-order valence-electron chi connectivity index (χ2n) is 4.36. The van der Waals surface area contributed by atoms with E-state index in [2.05, 4.69) is 43.4 Å². The van der Waals surface area contributed by atoms with Gasteiger partial charge in [0.2, 0.25) is 0 Å². The van der Waals surface area contributed by atoms with E-state index in [1.165, 1.54) is 22.3 Å². The SMILES string of the molecule is Cc1cc(C)cc(C2=CC(N)CNC2)c1. The van der Waals surface area contributed by atoms with Crippen molar-refractivity contribution in [1.82, 2.24) is 5.32 Å². The maximum absolute atomic E-state index is 5.90. The van der Waals surface area contributed by atoms with E-state index >= 15 is 0 Å². The van der Waals surface area contributed by atoms with Crippen LogP contribution in [0.15, 0.2) is 24.3 Å². The minimum Gasteiger partial charge on any atom is -0.323 e. The Kier molecular flexibility index (Phi) is 2.89. The molecule has 0 bridgehead atoms. The van der Waals surface area contributed by atoms with Gasteiger partial charge in [0.05, 0.1) is 0 Å². The molecule has 0 fully saturated rings. The van der Waals surface area contributed by atoms with Gasteiger partial charge in [0.15, 0.2) is 0 Å². The van der Waals surface area contributed by atoms with E-state index in [0.29, 0.717) is 0 Å². The molecule has 3 N–H and O–H groups in total. The van der Waals surface area contributed by atoms with Gasteiger partial charge in [-0.1, -0.05) is 35.4 Å². The van der Waals surface area contributed by atoms with Gasteiger partial charge in [-0.25, -0.2) is 0 Å². The molecule has 2 heteroatoms. The zero-order valence-corrected chi connectivity index (χ0v) is 9.38. The smallest absolute Gasteiger partial charge is 0.0357 e. The average molecular weight is 202 g/mol. The number of aryl methyl sites for hydroxylation is 2. The van der Waals surface area contributed by atoms with Crippen molar-refractivity contribution in [3.8, 4) is 0 Å². The van der Waals surface area contributed by atoms with E-state index < -0.39 is 0 Å². The Morgan fingerprint density at radius 2 is 1.87 bits per heavy atom. The molecular weight excluding hydrogens is 184 g/mol. The van der Waals surface area contributed by atoms with Crippen LogP contribution >= 0.6 is 0 Å². The topological polar surface area (TPSA) is 38.0 Å². The number of hydrogen-bond donors (Lipinski definition) is 2. The van der Waals surface area contributed by atoms with Crippen LogP contribution in [0.2, 0.25) is 0 Å². The number of hydrogen-bond acceptors (Lipinski definition) is 2. The van der Waals surface area contributed by atoms with E-state index in [1.54, 1.807) is 0 Å². The molecule has 80 valence electrons. The van der Waals surface area contributed by atoms with Crippen LogP contribution in [-0.2, 0) is 0 Å². The van der Waals surface area contributed by atoms with Gasteiger partial charge in [-0.2, -0.15) is 0 Å². The Morgan fingerprint density at radius 1 is 1.20 bits per heavy atom. The highest BCUT2D eigenvalue weighted by atomic mass is 14.9. The van der Waals surface area contributed by atoms with Crippen LogP contribution in [-0.4, -0.2) is 19.1 Å². The van der Waals surface area contributed by atoms with Crippen LogP contribution in [0, 0.1) is 13.8 Å². The van der Waals surface area contributed by atoms with Gasteiger partial charge < -0.3 is 11.1 Å². The number of nitrogens with one attached hydrogen (secondary N) is 1. The Labute approximate surface area is 91.2 Å². The second-order valence-corrected chi connectivity index (χ2v) is 4.36. The lowest BCUT2D eigenvalue weighted by atomic mass is 9.97. The summed E-state index contributed by atoms with van der Waals surface area (Å²) in [6, 6.07) is 6.78. The van der Waals surface area contributed by atoms with Crippen molar-refractivity contribution in [2.24, 2.45) is 5.73 Å². The van der Waals surface area contributed by atoms with Crippen LogP contribution in [0.25, 0.3) is 5.57 Å². The largest absolute Gasteiger partial charge is 0.323 e. The lowest BCUT2D eigenvalue weighted by Gasteiger charge is -2.20. The van der Waals surface area contributed by atoms with Gasteiger partial charge in [-0.3, -0.25) is 0 Å². The summed E-state index contributed by atoms with van der Waals surface area (Å²) in [6.45, 7) is 6.07. The van der Waals surface area contributed by atoms with E-state index in [4.69, 9.17) is 5.73 Å². The van der Waals surface area contributed by atoms with E-state index in [-0.39, 0.29) is 6.04 Å². The molecule has 0 saturated heterocycles. The molecule has 15 heavy (non-hydrogen) atoms. The van der Waals surface area contributed by atoms with Gasteiger partial charge in [0.1, 0.15) is 0 Å². The molecule has 0 radical (unpaired) electrons. The molecule has 2 nitrogen and oxygen atoms in total. The molecule has 1 atom stereocenters. The van der Waals surface area contributed by atoms with E-state index in [0.717, 1.165) is 13.1 Å². The molecule has 0 aliphatic carbocycles. The molecular formula is C13H18N2. The zero-order valence-electron chi connectivity index (χ0n) is 9.38. The highest BCUT2D eigenvalue weighted by Crippen LogP contribution is 2.19. The number of benzene rings is 1. The summed E-state index contributed by atoms with van der Waals surface area (Å²) in [7, 11) is 0. The Hall–Kier alpha value is -1.12. The fraction of sp³-hybridized carbons (Fsp3) is 0.385. The fourth-order valence-electron chi connectivity index (χ4n) is 2.11.